The second-order valence-electron chi connectivity index (χ2n) is 8.40. The number of fused-ring (bicyclic) bond motifs is 1. The summed E-state index contributed by atoms with van der Waals surface area (Å²) in [5.41, 5.74) is 1.10. The fraction of sp³-hybridized carbons (Fsp3) is 0.333. The molecule has 34 heavy (non-hydrogen) atoms. The van der Waals surface area contributed by atoms with Crippen LogP contribution in [0.2, 0.25) is 0 Å². The second kappa shape index (κ2) is 9.38. The van der Waals surface area contributed by atoms with Gasteiger partial charge in [0, 0.05) is 23.7 Å². The summed E-state index contributed by atoms with van der Waals surface area (Å²) >= 11 is 0. The van der Waals surface area contributed by atoms with Gasteiger partial charge < -0.3 is 4.74 Å². The van der Waals surface area contributed by atoms with Gasteiger partial charge >= 0.3 is 5.97 Å². The van der Waals surface area contributed by atoms with Crippen LogP contribution in [0.3, 0.4) is 0 Å². The first kappa shape index (κ1) is 23.6. The smallest absolute Gasteiger partial charge is 0.306 e. The van der Waals surface area contributed by atoms with Gasteiger partial charge in [0.1, 0.15) is 5.82 Å². The number of Topliss-reactive ketones (excluding diaryl/α,β-unsaturated/α-hetero) is 1. The molecule has 1 aromatic heterocycles. The zero-order chi connectivity index (χ0) is 24.5. The number of hydrogen-bond acceptors (Lipinski definition) is 7. The normalized spacial score (nSPS) is 14.5. The molecule has 1 fully saturated rings. The maximum Gasteiger partial charge on any atom is 0.306 e. The minimum absolute atomic E-state index is 0.0215. The highest BCUT2D eigenvalue weighted by molar-refractivity contribution is 7.92. The van der Waals surface area contributed by atoms with Gasteiger partial charge in [0.25, 0.3) is 5.56 Å². The van der Waals surface area contributed by atoms with Gasteiger partial charge in [-0.1, -0.05) is 12.1 Å². The van der Waals surface area contributed by atoms with Crippen molar-refractivity contribution < 1.29 is 22.7 Å². The van der Waals surface area contributed by atoms with E-state index < -0.39 is 27.9 Å². The van der Waals surface area contributed by atoms with Crippen molar-refractivity contribution in [3.05, 3.63) is 70.3 Å². The Morgan fingerprint density at radius 3 is 2.47 bits per heavy atom. The first-order chi connectivity index (χ1) is 16.1. The number of para-hydroxylation sites is 1. The van der Waals surface area contributed by atoms with Crippen LogP contribution in [0.25, 0.3) is 10.9 Å². The van der Waals surface area contributed by atoms with Crippen LogP contribution >= 0.6 is 0 Å². The number of hydrogen-bond donors (Lipinski definition) is 1. The minimum atomic E-state index is -3.42. The van der Waals surface area contributed by atoms with E-state index in [9.17, 15) is 22.8 Å². The van der Waals surface area contributed by atoms with Gasteiger partial charge in [-0.25, -0.2) is 13.4 Å². The Bertz CT molecular complexity index is 1410. The van der Waals surface area contributed by atoms with E-state index in [0.29, 0.717) is 22.4 Å². The molecular weight excluding hydrogens is 458 g/mol. The SMILES string of the molecule is CC(OC(=O)CCc1nc2ccccc2c(=O)n1C1CC1)C(=O)c1ccc(NS(C)(=O)=O)cc1. The lowest BCUT2D eigenvalue weighted by Crippen LogP contribution is -2.27. The molecule has 0 aliphatic heterocycles. The molecule has 2 aromatic carbocycles. The van der Waals surface area contributed by atoms with Crippen molar-refractivity contribution in [1.82, 2.24) is 9.55 Å². The Balaban J connectivity index is 1.40. The number of carbonyl (C=O) groups is 2. The summed E-state index contributed by atoms with van der Waals surface area (Å²) in [7, 11) is -3.42. The van der Waals surface area contributed by atoms with Crippen molar-refractivity contribution in [3.63, 3.8) is 0 Å². The first-order valence-electron chi connectivity index (χ1n) is 10.9. The van der Waals surface area contributed by atoms with E-state index in [1.807, 2.05) is 6.07 Å². The number of ether oxygens (including phenoxy) is 1. The number of aromatic nitrogens is 2. The molecule has 1 aliphatic carbocycles. The van der Waals surface area contributed by atoms with E-state index in [1.54, 1.807) is 22.8 Å². The molecule has 0 amide bonds. The average molecular weight is 484 g/mol. The number of rotatable bonds is 9. The summed E-state index contributed by atoms with van der Waals surface area (Å²) < 4.78 is 31.9. The van der Waals surface area contributed by atoms with E-state index in [1.165, 1.54) is 31.2 Å². The van der Waals surface area contributed by atoms with Crippen LogP contribution < -0.4 is 10.3 Å². The predicted octanol–water partition coefficient (Wildman–Crippen LogP) is 2.85. The number of carbonyl (C=O) groups excluding carboxylic acids is 2. The second-order valence-corrected chi connectivity index (χ2v) is 10.1. The number of aryl methyl sites for hydroxylation is 1. The monoisotopic (exact) mass is 483 g/mol. The minimum Gasteiger partial charge on any atom is -0.454 e. The van der Waals surface area contributed by atoms with Crippen LogP contribution in [0.5, 0.6) is 0 Å². The molecule has 9 nitrogen and oxygen atoms in total. The fourth-order valence-corrected chi connectivity index (χ4v) is 4.32. The van der Waals surface area contributed by atoms with Crippen LogP contribution in [-0.2, 0) is 26.0 Å². The molecule has 0 saturated heterocycles. The van der Waals surface area contributed by atoms with Crippen molar-refractivity contribution in [2.24, 2.45) is 0 Å². The molecular formula is C24H25N3O6S. The molecule has 1 aliphatic rings. The van der Waals surface area contributed by atoms with Crippen LogP contribution in [0.1, 0.15) is 48.4 Å². The quantitative estimate of drug-likeness (QED) is 0.366. The number of nitrogens with one attached hydrogen (secondary N) is 1. The summed E-state index contributed by atoms with van der Waals surface area (Å²) in [5, 5.41) is 0.553. The third-order valence-electron chi connectivity index (χ3n) is 5.50. The topological polar surface area (TPSA) is 124 Å². The Hall–Kier alpha value is -3.53. The number of anilines is 1. The summed E-state index contributed by atoms with van der Waals surface area (Å²) in [6.45, 7) is 1.48. The first-order valence-corrected chi connectivity index (χ1v) is 12.8. The third-order valence-corrected chi connectivity index (χ3v) is 6.10. The lowest BCUT2D eigenvalue weighted by Gasteiger charge is -2.15. The van der Waals surface area contributed by atoms with E-state index in [2.05, 4.69) is 9.71 Å². The van der Waals surface area contributed by atoms with Crippen LogP contribution in [0.15, 0.2) is 53.3 Å². The Kier molecular flexibility index (Phi) is 6.52. The molecule has 1 atom stereocenters. The molecule has 4 rings (SSSR count). The molecule has 1 heterocycles. The van der Waals surface area contributed by atoms with Crippen molar-refractivity contribution in [1.29, 1.82) is 0 Å². The summed E-state index contributed by atoms with van der Waals surface area (Å²) in [4.78, 5) is 42.6. The fourth-order valence-electron chi connectivity index (χ4n) is 3.75. The van der Waals surface area contributed by atoms with Gasteiger partial charge in [-0.05, 0) is 56.2 Å². The maximum absolute atomic E-state index is 12.9. The molecule has 1 unspecified atom stereocenters. The lowest BCUT2D eigenvalue weighted by molar-refractivity contribution is -0.146. The highest BCUT2D eigenvalue weighted by atomic mass is 32.2. The van der Waals surface area contributed by atoms with Gasteiger partial charge in [0.2, 0.25) is 15.8 Å². The summed E-state index contributed by atoms with van der Waals surface area (Å²) in [5.74, 6) is -0.435. The van der Waals surface area contributed by atoms with Gasteiger partial charge in [0.15, 0.2) is 6.10 Å². The van der Waals surface area contributed by atoms with Crippen molar-refractivity contribution in [3.8, 4) is 0 Å². The molecule has 10 heteroatoms. The third kappa shape index (κ3) is 5.51. The molecule has 0 spiro atoms. The Labute approximate surface area is 196 Å². The molecule has 1 saturated carbocycles. The molecule has 0 bridgehead atoms. The number of benzene rings is 2. The standard InChI is InChI=1S/C24H25N3O6S/c1-15(23(29)16-7-9-17(10-8-16)26-34(2,31)32)33-22(28)14-13-21-25-20-6-4-3-5-19(20)24(30)27(21)18-11-12-18/h3-10,15,18,26H,11-14H2,1-2H3. The van der Waals surface area contributed by atoms with Crippen LogP contribution in [0, 0.1) is 0 Å². The molecule has 178 valence electrons. The van der Waals surface area contributed by atoms with Gasteiger partial charge in [-0.15, -0.1) is 0 Å². The Morgan fingerprint density at radius 2 is 1.82 bits per heavy atom. The van der Waals surface area contributed by atoms with Crippen molar-refractivity contribution >= 4 is 38.4 Å². The molecule has 1 N–H and O–H groups in total. The van der Waals surface area contributed by atoms with E-state index in [0.717, 1.165) is 19.1 Å². The lowest BCUT2D eigenvalue weighted by atomic mass is 10.1. The van der Waals surface area contributed by atoms with E-state index in [4.69, 9.17) is 4.74 Å². The number of sulfonamides is 1. The van der Waals surface area contributed by atoms with Gasteiger partial charge in [-0.3, -0.25) is 23.7 Å². The summed E-state index contributed by atoms with van der Waals surface area (Å²) in [6, 6.07) is 13.1. The Morgan fingerprint density at radius 1 is 1.15 bits per heavy atom. The number of nitrogens with zero attached hydrogens (tertiary/aromatic N) is 2. The molecule has 0 radical (unpaired) electrons. The average Bonchev–Trinajstić information content (AvgIpc) is 3.62. The highest BCUT2D eigenvalue weighted by Crippen LogP contribution is 2.35. The molecule has 3 aromatic rings. The highest BCUT2D eigenvalue weighted by Gasteiger charge is 2.28. The van der Waals surface area contributed by atoms with Crippen LogP contribution in [-0.4, -0.2) is 42.1 Å². The van der Waals surface area contributed by atoms with Crippen LogP contribution in [0.4, 0.5) is 5.69 Å². The number of ketones is 1. The van der Waals surface area contributed by atoms with Gasteiger partial charge in [0.05, 0.1) is 23.6 Å². The zero-order valence-electron chi connectivity index (χ0n) is 18.9. The van der Waals surface area contributed by atoms with E-state index in [-0.39, 0.29) is 30.0 Å². The predicted molar refractivity (Wildman–Crippen MR) is 127 cm³/mol. The van der Waals surface area contributed by atoms with Crippen molar-refractivity contribution in [2.75, 3.05) is 11.0 Å². The largest absolute Gasteiger partial charge is 0.454 e. The zero-order valence-corrected chi connectivity index (χ0v) is 19.7. The van der Waals surface area contributed by atoms with Crippen molar-refractivity contribution in [2.45, 2.75) is 44.8 Å². The number of esters is 1. The maximum atomic E-state index is 12.9. The summed E-state index contributed by atoms with van der Waals surface area (Å²) in [6.07, 6.45) is 2.03. The van der Waals surface area contributed by atoms with Gasteiger partial charge in [-0.2, -0.15) is 0 Å². The van der Waals surface area contributed by atoms with E-state index >= 15 is 0 Å².